The van der Waals surface area contributed by atoms with Gasteiger partial charge in [-0.2, -0.15) is 0 Å². The standard InChI is InChI=1S/C11H11N3O3/c1-7-5-8(17-14-7)6-12-10-4-2-3-9(13-10)11(15)16/h2-5H,6H2,1H3,(H,12,13)(H,15,16). The van der Waals surface area contributed by atoms with Crippen molar-refractivity contribution in [3.63, 3.8) is 0 Å². The lowest BCUT2D eigenvalue weighted by Crippen LogP contribution is -2.05. The number of rotatable bonds is 4. The van der Waals surface area contributed by atoms with Crippen molar-refractivity contribution in [3.8, 4) is 0 Å². The van der Waals surface area contributed by atoms with E-state index >= 15 is 0 Å². The molecule has 0 atom stereocenters. The molecule has 2 rings (SSSR count). The van der Waals surface area contributed by atoms with E-state index in [-0.39, 0.29) is 5.69 Å². The fraction of sp³-hybridized carbons (Fsp3) is 0.182. The molecule has 0 bridgehead atoms. The smallest absolute Gasteiger partial charge is 0.354 e. The second-order valence-electron chi connectivity index (χ2n) is 3.50. The van der Waals surface area contributed by atoms with Gasteiger partial charge in [-0.1, -0.05) is 11.2 Å². The van der Waals surface area contributed by atoms with Crippen LogP contribution in [0, 0.1) is 6.92 Å². The second kappa shape index (κ2) is 4.65. The van der Waals surface area contributed by atoms with Gasteiger partial charge in [0.05, 0.1) is 12.2 Å². The summed E-state index contributed by atoms with van der Waals surface area (Å²) in [6.07, 6.45) is 0. The summed E-state index contributed by atoms with van der Waals surface area (Å²) in [6.45, 7) is 2.24. The predicted octanol–water partition coefficient (Wildman–Crippen LogP) is 1.69. The van der Waals surface area contributed by atoms with E-state index in [9.17, 15) is 4.79 Å². The van der Waals surface area contributed by atoms with Crippen LogP contribution < -0.4 is 5.32 Å². The van der Waals surface area contributed by atoms with Crippen LogP contribution in [-0.4, -0.2) is 21.2 Å². The first-order chi connectivity index (χ1) is 8.15. The van der Waals surface area contributed by atoms with Crippen LogP contribution in [0.3, 0.4) is 0 Å². The van der Waals surface area contributed by atoms with Crippen molar-refractivity contribution in [2.45, 2.75) is 13.5 Å². The lowest BCUT2D eigenvalue weighted by atomic mass is 10.3. The van der Waals surface area contributed by atoms with Crippen molar-refractivity contribution in [1.82, 2.24) is 10.1 Å². The average Bonchev–Trinajstić information content (AvgIpc) is 2.73. The zero-order valence-electron chi connectivity index (χ0n) is 9.17. The van der Waals surface area contributed by atoms with Gasteiger partial charge in [0.2, 0.25) is 0 Å². The molecule has 0 unspecified atom stereocenters. The van der Waals surface area contributed by atoms with E-state index in [4.69, 9.17) is 9.63 Å². The zero-order valence-corrected chi connectivity index (χ0v) is 9.17. The van der Waals surface area contributed by atoms with Gasteiger partial charge in [0.15, 0.2) is 11.5 Å². The molecule has 2 N–H and O–H groups in total. The Kier molecular flexibility index (Phi) is 3.04. The Morgan fingerprint density at radius 2 is 2.35 bits per heavy atom. The molecule has 6 nitrogen and oxygen atoms in total. The van der Waals surface area contributed by atoms with Gasteiger partial charge in [-0.25, -0.2) is 9.78 Å². The van der Waals surface area contributed by atoms with E-state index in [2.05, 4.69) is 15.5 Å². The molecule has 0 radical (unpaired) electrons. The van der Waals surface area contributed by atoms with E-state index in [1.54, 1.807) is 18.2 Å². The number of carbonyl (C=O) groups is 1. The van der Waals surface area contributed by atoms with Gasteiger partial charge in [0, 0.05) is 6.07 Å². The maximum atomic E-state index is 10.7. The number of carboxylic acid groups (broad SMARTS) is 1. The molecule has 0 aliphatic heterocycles. The van der Waals surface area contributed by atoms with Crippen LogP contribution in [0.2, 0.25) is 0 Å². The quantitative estimate of drug-likeness (QED) is 0.835. The third-order valence-corrected chi connectivity index (χ3v) is 2.09. The minimum Gasteiger partial charge on any atom is -0.477 e. The number of aryl methyl sites for hydroxylation is 1. The number of aromatic carboxylic acids is 1. The van der Waals surface area contributed by atoms with Crippen molar-refractivity contribution in [1.29, 1.82) is 0 Å². The Labute approximate surface area is 97.3 Å². The molecule has 0 saturated carbocycles. The summed E-state index contributed by atoms with van der Waals surface area (Å²) in [5.41, 5.74) is 0.804. The van der Waals surface area contributed by atoms with Gasteiger partial charge < -0.3 is 14.9 Å². The number of hydrogen-bond donors (Lipinski definition) is 2. The van der Waals surface area contributed by atoms with Crippen molar-refractivity contribution >= 4 is 11.8 Å². The minimum atomic E-state index is -1.05. The highest BCUT2D eigenvalue weighted by molar-refractivity contribution is 5.85. The summed E-state index contributed by atoms with van der Waals surface area (Å²) >= 11 is 0. The van der Waals surface area contributed by atoms with Gasteiger partial charge in [-0.3, -0.25) is 0 Å². The Bertz CT molecular complexity index is 536. The van der Waals surface area contributed by atoms with Crippen LogP contribution in [0.15, 0.2) is 28.8 Å². The Morgan fingerprint density at radius 1 is 1.53 bits per heavy atom. The molecule has 2 aromatic rings. The lowest BCUT2D eigenvalue weighted by molar-refractivity contribution is 0.0690. The van der Waals surface area contributed by atoms with Crippen molar-refractivity contribution in [2.75, 3.05) is 5.32 Å². The van der Waals surface area contributed by atoms with E-state index < -0.39 is 5.97 Å². The van der Waals surface area contributed by atoms with Gasteiger partial charge >= 0.3 is 5.97 Å². The number of nitrogens with one attached hydrogen (secondary N) is 1. The van der Waals surface area contributed by atoms with Gasteiger partial charge in [0.1, 0.15) is 5.82 Å². The van der Waals surface area contributed by atoms with E-state index in [0.29, 0.717) is 18.1 Å². The fourth-order valence-corrected chi connectivity index (χ4v) is 1.33. The first-order valence-electron chi connectivity index (χ1n) is 5.01. The van der Waals surface area contributed by atoms with E-state index in [1.165, 1.54) is 6.07 Å². The van der Waals surface area contributed by atoms with Crippen LogP contribution in [0.25, 0.3) is 0 Å². The van der Waals surface area contributed by atoms with Crippen LogP contribution in [0.1, 0.15) is 21.9 Å². The molecular formula is C11H11N3O3. The topological polar surface area (TPSA) is 88.2 Å². The Balaban J connectivity index is 2.04. The maximum absolute atomic E-state index is 10.7. The second-order valence-corrected chi connectivity index (χ2v) is 3.50. The number of anilines is 1. The number of nitrogens with zero attached hydrogens (tertiary/aromatic N) is 2. The molecule has 0 spiro atoms. The summed E-state index contributed by atoms with van der Waals surface area (Å²) in [5, 5.41) is 15.5. The third-order valence-electron chi connectivity index (χ3n) is 2.09. The van der Waals surface area contributed by atoms with Crippen LogP contribution in [-0.2, 0) is 6.54 Å². The number of carboxylic acids is 1. The lowest BCUT2D eigenvalue weighted by Gasteiger charge is -2.03. The summed E-state index contributed by atoms with van der Waals surface area (Å²) in [4.78, 5) is 14.6. The molecule has 2 aromatic heterocycles. The third kappa shape index (κ3) is 2.81. The molecule has 17 heavy (non-hydrogen) atoms. The summed E-state index contributed by atoms with van der Waals surface area (Å²) in [6, 6.07) is 6.56. The van der Waals surface area contributed by atoms with Gasteiger partial charge in [-0.15, -0.1) is 0 Å². The molecule has 0 aliphatic carbocycles. The van der Waals surface area contributed by atoms with Gasteiger partial charge in [-0.05, 0) is 19.1 Å². The van der Waals surface area contributed by atoms with Crippen molar-refractivity contribution in [2.24, 2.45) is 0 Å². The summed E-state index contributed by atoms with van der Waals surface area (Å²) in [5.74, 6) is 0.105. The highest BCUT2D eigenvalue weighted by Gasteiger charge is 2.05. The number of pyridine rings is 1. The van der Waals surface area contributed by atoms with Gasteiger partial charge in [0.25, 0.3) is 0 Å². The SMILES string of the molecule is Cc1cc(CNc2cccc(C(=O)O)n2)on1. The highest BCUT2D eigenvalue weighted by atomic mass is 16.5. The average molecular weight is 233 g/mol. The summed E-state index contributed by atoms with van der Waals surface area (Å²) < 4.78 is 5.01. The zero-order chi connectivity index (χ0) is 12.3. The number of hydrogen-bond acceptors (Lipinski definition) is 5. The van der Waals surface area contributed by atoms with E-state index in [1.807, 2.05) is 6.92 Å². The van der Waals surface area contributed by atoms with Crippen molar-refractivity contribution < 1.29 is 14.4 Å². The molecule has 0 fully saturated rings. The molecule has 0 aromatic carbocycles. The predicted molar refractivity (Wildman–Crippen MR) is 59.8 cm³/mol. The molecule has 6 heteroatoms. The molecule has 88 valence electrons. The first kappa shape index (κ1) is 11.1. The normalized spacial score (nSPS) is 10.2. The maximum Gasteiger partial charge on any atom is 0.354 e. The molecule has 2 heterocycles. The van der Waals surface area contributed by atoms with Crippen LogP contribution in [0.5, 0.6) is 0 Å². The molecule has 0 amide bonds. The minimum absolute atomic E-state index is 0.00347. The Morgan fingerprint density at radius 3 is 3.00 bits per heavy atom. The first-order valence-corrected chi connectivity index (χ1v) is 5.01. The van der Waals surface area contributed by atoms with Crippen LogP contribution in [0.4, 0.5) is 5.82 Å². The number of aromatic nitrogens is 2. The fourth-order valence-electron chi connectivity index (χ4n) is 1.33. The Hall–Kier alpha value is -2.37. The highest BCUT2D eigenvalue weighted by Crippen LogP contribution is 2.08. The molecule has 0 saturated heterocycles. The monoisotopic (exact) mass is 233 g/mol. The molecule has 0 aliphatic rings. The largest absolute Gasteiger partial charge is 0.477 e. The van der Waals surface area contributed by atoms with Crippen LogP contribution >= 0.6 is 0 Å². The van der Waals surface area contributed by atoms with Crippen molar-refractivity contribution in [3.05, 3.63) is 41.4 Å². The summed E-state index contributed by atoms with van der Waals surface area (Å²) in [7, 11) is 0. The van der Waals surface area contributed by atoms with E-state index in [0.717, 1.165) is 5.69 Å². The molecular weight excluding hydrogens is 222 g/mol.